The molecule has 0 aliphatic carbocycles. The number of esters is 1. The van der Waals surface area contributed by atoms with Crippen molar-refractivity contribution in [3.05, 3.63) is 29.8 Å². The molecule has 22 heavy (non-hydrogen) atoms. The Morgan fingerprint density at radius 2 is 1.86 bits per heavy atom. The van der Waals surface area contributed by atoms with Crippen LogP contribution in [0.2, 0.25) is 0 Å². The molecule has 0 radical (unpaired) electrons. The van der Waals surface area contributed by atoms with Crippen molar-refractivity contribution in [2.24, 2.45) is 0 Å². The van der Waals surface area contributed by atoms with E-state index in [0.29, 0.717) is 5.69 Å². The Kier molecular flexibility index (Phi) is 6.67. The van der Waals surface area contributed by atoms with E-state index in [-0.39, 0.29) is 18.5 Å². The van der Waals surface area contributed by atoms with Crippen molar-refractivity contribution < 1.29 is 19.1 Å². The van der Waals surface area contributed by atoms with E-state index in [1.165, 1.54) is 24.3 Å². The predicted molar refractivity (Wildman–Crippen MR) is 77.4 cm³/mol. The van der Waals surface area contributed by atoms with Crippen LogP contribution in [0.5, 0.6) is 0 Å². The molecule has 1 aromatic carbocycles. The first-order chi connectivity index (χ1) is 10.6. The summed E-state index contributed by atoms with van der Waals surface area (Å²) in [5.41, 5.74) is 0.673. The van der Waals surface area contributed by atoms with E-state index >= 15 is 0 Å². The lowest BCUT2D eigenvalue weighted by Crippen LogP contribution is -2.28. The lowest BCUT2D eigenvalue weighted by Gasteiger charge is -2.06. The smallest absolute Gasteiger partial charge is 0.338 e. The molecule has 1 aromatic rings. The number of hydrogen-bond acceptors (Lipinski definition) is 5. The monoisotopic (exact) mass is 299 g/mol. The molecule has 0 atom stereocenters. The van der Waals surface area contributed by atoms with Crippen LogP contribution in [0.25, 0.3) is 0 Å². The Bertz CT molecular complexity index is 638. The normalized spacial score (nSPS) is 9.00. The summed E-state index contributed by atoms with van der Waals surface area (Å²) in [5.74, 6) is 0.611. The van der Waals surface area contributed by atoms with E-state index in [4.69, 9.17) is 16.4 Å². The fraction of sp³-hybridized carbons (Fsp3) is 0.200. The standard InChI is InChI=1S/C15H13N3O4/c1-2-9-17-14(20)10-22-15(21)11-3-5-12(6-4-11)18-13(19)7-8-16/h1,3-6H,7,9-10H2,(H,17,20)(H,18,19). The Hall–Kier alpha value is -3.32. The second kappa shape index (κ2) is 8.77. The van der Waals surface area contributed by atoms with Gasteiger partial charge in [-0.2, -0.15) is 5.26 Å². The van der Waals surface area contributed by atoms with E-state index in [9.17, 15) is 14.4 Å². The van der Waals surface area contributed by atoms with Gasteiger partial charge in [-0.1, -0.05) is 5.92 Å². The molecule has 0 aliphatic rings. The van der Waals surface area contributed by atoms with Gasteiger partial charge >= 0.3 is 5.97 Å². The summed E-state index contributed by atoms with van der Waals surface area (Å²) < 4.78 is 4.80. The number of nitriles is 1. The topological polar surface area (TPSA) is 108 Å². The zero-order valence-corrected chi connectivity index (χ0v) is 11.6. The molecule has 7 heteroatoms. The van der Waals surface area contributed by atoms with Gasteiger partial charge < -0.3 is 15.4 Å². The quantitative estimate of drug-likeness (QED) is 0.585. The molecule has 0 heterocycles. The Morgan fingerprint density at radius 3 is 2.45 bits per heavy atom. The maximum Gasteiger partial charge on any atom is 0.338 e. The molecule has 1 rings (SSSR count). The van der Waals surface area contributed by atoms with Crippen molar-refractivity contribution in [3.63, 3.8) is 0 Å². The first-order valence-electron chi connectivity index (χ1n) is 6.21. The average molecular weight is 299 g/mol. The second-order valence-corrected chi connectivity index (χ2v) is 4.02. The summed E-state index contributed by atoms with van der Waals surface area (Å²) in [6, 6.07) is 7.57. The van der Waals surface area contributed by atoms with Crippen LogP contribution in [0.4, 0.5) is 5.69 Å². The van der Waals surface area contributed by atoms with Crippen molar-refractivity contribution in [2.75, 3.05) is 18.5 Å². The third-order valence-corrected chi connectivity index (χ3v) is 2.37. The number of rotatable bonds is 6. The Morgan fingerprint density at radius 1 is 1.18 bits per heavy atom. The molecule has 0 spiro atoms. The molecule has 0 fully saturated rings. The zero-order chi connectivity index (χ0) is 16.4. The Labute approximate surface area is 127 Å². The van der Waals surface area contributed by atoms with Gasteiger partial charge in [0.25, 0.3) is 5.91 Å². The van der Waals surface area contributed by atoms with Gasteiger partial charge in [0.15, 0.2) is 6.61 Å². The molecule has 0 saturated heterocycles. The van der Waals surface area contributed by atoms with Crippen LogP contribution >= 0.6 is 0 Å². The number of amides is 2. The van der Waals surface area contributed by atoms with Crippen LogP contribution in [0.3, 0.4) is 0 Å². The molecule has 0 unspecified atom stereocenters. The van der Waals surface area contributed by atoms with Crippen molar-refractivity contribution in [1.82, 2.24) is 5.32 Å². The van der Waals surface area contributed by atoms with Gasteiger partial charge in [0.2, 0.25) is 5.91 Å². The number of nitrogens with zero attached hydrogens (tertiary/aromatic N) is 1. The predicted octanol–water partition coefficient (Wildman–Crippen LogP) is 0.445. The summed E-state index contributed by atoms with van der Waals surface area (Å²) in [5, 5.41) is 13.2. The first kappa shape index (κ1) is 16.7. The summed E-state index contributed by atoms with van der Waals surface area (Å²) in [6.45, 7) is -0.366. The third-order valence-electron chi connectivity index (χ3n) is 2.37. The highest BCUT2D eigenvalue weighted by molar-refractivity contribution is 5.94. The van der Waals surface area contributed by atoms with Crippen LogP contribution in [-0.2, 0) is 14.3 Å². The molecule has 2 N–H and O–H groups in total. The van der Waals surface area contributed by atoms with Crippen LogP contribution in [0.1, 0.15) is 16.8 Å². The van der Waals surface area contributed by atoms with Crippen molar-refractivity contribution in [2.45, 2.75) is 6.42 Å². The molecule has 112 valence electrons. The van der Waals surface area contributed by atoms with Crippen molar-refractivity contribution >= 4 is 23.5 Å². The van der Waals surface area contributed by atoms with Gasteiger partial charge in [-0.05, 0) is 24.3 Å². The molecule has 0 aliphatic heterocycles. The minimum Gasteiger partial charge on any atom is -0.452 e. The van der Waals surface area contributed by atoms with E-state index in [1.807, 2.05) is 0 Å². The van der Waals surface area contributed by atoms with Gasteiger partial charge in [0.1, 0.15) is 6.42 Å². The summed E-state index contributed by atoms with van der Waals surface area (Å²) in [7, 11) is 0. The largest absolute Gasteiger partial charge is 0.452 e. The van der Waals surface area contributed by atoms with Gasteiger partial charge in [0, 0.05) is 5.69 Å². The van der Waals surface area contributed by atoms with E-state index < -0.39 is 24.4 Å². The number of terminal acetylenes is 1. The molecule has 0 aromatic heterocycles. The van der Waals surface area contributed by atoms with Gasteiger partial charge in [0.05, 0.1) is 18.2 Å². The van der Waals surface area contributed by atoms with Crippen LogP contribution in [-0.4, -0.2) is 30.9 Å². The average Bonchev–Trinajstić information content (AvgIpc) is 2.51. The highest BCUT2D eigenvalue weighted by Crippen LogP contribution is 2.10. The summed E-state index contributed by atoms with van der Waals surface area (Å²) in [6.07, 6.45) is 4.72. The van der Waals surface area contributed by atoms with Crippen LogP contribution in [0.15, 0.2) is 24.3 Å². The van der Waals surface area contributed by atoms with Gasteiger partial charge in [-0.15, -0.1) is 6.42 Å². The number of carbonyl (C=O) groups is 3. The molecular weight excluding hydrogens is 286 g/mol. The number of carbonyl (C=O) groups excluding carboxylic acids is 3. The highest BCUT2D eigenvalue weighted by Gasteiger charge is 2.10. The molecule has 0 bridgehead atoms. The number of hydrogen-bond donors (Lipinski definition) is 2. The van der Waals surface area contributed by atoms with Gasteiger partial charge in [-0.3, -0.25) is 9.59 Å². The van der Waals surface area contributed by atoms with Gasteiger partial charge in [-0.25, -0.2) is 4.79 Å². The Balaban J connectivity index is 2.51. The van der Waals surface area contributed by atoms with E-state index in [2.05, 4.69) is 16.6 Å². The summed E-state index contributed by atoms with van der Waals surface area (Å²) in [4.78, 5) is 34.1. The third kappa shape index (κ3) is 5.76. The van der Waals surface area contributed by atoms with E-state index in [1.54, 1.807) is 6.07 Å². The molecular formula is C15H13N3O4. The fourth-order valence-electron chi connectivity index (χ4n) is 1.38. The van der Waals surface area contributed by atoms with Crippen LogP contribution in [0, 0.1) is 23.7 Å². The van der Waals surface area contributed by atoms with E-state index in [0.717, 1.165) is 0 Å². The molecule has 0 saturated carbocycles. The fourth-order valence-corrected chi connectivity index (χ4v) is 1.38. The lowest BCUT2D eigenvalue weighted by atomic mass is 10.2. The zero-order valence-electron chi connectivity index (χ0n) is 11.6. The van der Waals surface area contributed by atoms with Crippen molar-refractivity contribution in [3.8, 4) is 18.4 Å². The highest BCUT2D eigenvalue weighted by atomic mass is 16.5. The number of anilines is 1. The van der Waals surface area contributed by atoms with Crippen molar-refractivity contribution in [1.29, 1.82) is 5.26 Å². The minimum atomic E-state index is -0.675. The summed E-state index contributed by atoms with van der Waals surface area (Å²) >= 11 is 0. The first-order valence-corrected chi connectivity index (χ1v) is 6.21. The number of benzene rings is 1. The number of ether oxygens (including phenoxy) is 1. The second-order valence-electron chi connectivity index (χ2n) is 4.02. The molecule has 7 nitrogen and oxygen atoms in total. The molecule has 2 amide bonds. The number of nitrogens with one attached hydrogen (secondary N) is 2. The maximum absolute atomic E-state index is 11.7. The SMILES string of the molecule is C#CCNC(=O)COC(=O)c1ccc(NC(=O)CC#N)cc1. The lowest BCUT2D eigenvalue weighted by molar-refractivity contribution is -0.124. The minimum absolute atomic E-state index is 0.0630. The maximum atomic E-state index is 11.7. The van der Waals surface area contributed by atoms with Crippen LogP contribution < -0.4 is 10.6 Å².